The molecule has 0 radical (unpaired) electrons. The fourth-order valence-electron chi connectivity index (χ4n) is 1.55. The second kappa shape index (κ2) is 7.45. The van der Waals surface area contributed by atoms with Gasteiger partial charge in [0.25, 0.3) is 0 Å². The second-order valence-corrected chi connectivity index (χ2v) is 8.26. The number of halogens is 1. The minimum absolute atomic E-state index is 0.688. The lowest BCUT2D eigenvalue weighted by molar-refractivity contribution is 0.380. The molecule has 4 heteroatoms. The molecule has 1 unspecified atom stereocenters. The van der Waals surface area contributed by atoms with E-state index >= 15 is 0 Å². The van der Waals surface area contributed by atoms with Crippen LogP contribution in [-0.4, -0.2) is 18.6 Å². The van der Waals surface area contributed by atoms with Gasteiger partial charge in [0, 0.05) is 24.0 Å². The molecule has 1 aromatic rings. The van der Waals surface area contributed by atoms with Crippen LogP contribution in [0.2, 0.25) is 0 Å². The second-order valence-electron chi connectivity index (χ2n) is 3.55. The van der Waals surface area contributed by atoms with Crippen LogP contribution in [0.4, 0.5) is 0 Å². The van der Waals surface area contributed by atoms with Crippen molar-refractivity contribution in [1.29, 1.82) is 0 Å². The van der Waals surface area contributed by atoms with Crippen LogP contribution in [0, 0.1) is 0 Å². The monoisotopic (exact) mass is 276 g/mol. The van der Waals surface area contributed by atoms with Gasteiger partial charge in [-0.05, 0) is 19.8 Å². The highest BCUT2D eigenvalue weighted by Gasteiger charge is 2.18. The van der Waals surface area contributed by atoms with Gasteiger partial charge in [0.15, 0.2) is 0 Å². The summed E-state index contributed by atoms with van der Waals surface area (Å²) in [5.74, 6) is 0.705. The van der Waals surface area contributed by atoms with Crippen molar-refractivity contribution in [2.75, 3.05) is 18.6 Å². The highest BCUT2D eigenvalue weighted by Crippen LogP contribution is 2.46. The van der Waals surface area contributed by atoms with Gasteiger partial charge >= 0.3 is 0 Å². The molecule has 1 nitrogen and oxygen atoms in total. The Morgan fingerprint density at radius 1 is 1.25 bits per heavy atom. The highest BCUT2D eigenvalue weighted by molar-refractivity contribution is 8.15. The zero-order chi connectivity index (χ0) is 11.9. The first-order valence-corrected chi connectivity index (χ1v) is 9.02. The standard InChI is InChI=1S/C12H18ClOPS/c1-2-14-15(16,11-7-6-10-13)12-8-4-3-5-9-12/h3-5,8-9H,2,6-7,10-11H2,1H3. The molecule has 0 bridgehead atoms. The fourth-order valence-corrected chi connectivity index (χ4v) is 5.02. The molecule has 0 saturated heterocycles. The SMILES string of the molecule is CCOP(=S)(CCCCCl)c1ccccc1. The molecule has 0 aliphatic rings. The van der Waals surface area contributed by atoms with E-state index < -0.39 is 6.26 Å². The third-order valence-electron chi connectivity index (χ3n) is 2.32. The van der Waals surface area contributed by atoms with Gasteiger partial charge in [0.1, 0.15) is 0 Å². The number of hydrogen-bond donors (Lipinski definition) is 0. The first kappa shape index (κ1) is 14.2. The lowest BCUT2D eigenvalue weighted by Gasteiger charge is -2.22. The van der Waals surface area contributed by atoms with E-state index in [1.165, 1.54) is 5.30 Å². The molecule has 0 saturated carbocycles. The van der Waals surface area contributed by atoms with E-state index in [1.807, 2.05) is 25.1 Å². The van der Waals surface area contributed by atoms with E-state index in [0.717, 1.165) is 19.0 Å². The van der Waals surface area contributed by atoms with Gasteiger partial charge in [0.05, 0.1) is 6.26 Å². The van der Waals surface area contributed by atoms with Crippen LogP contribution in [0.15, 0.2) is 30.3 Å². The molecule has 0 fully saturated rings. The molecular formula is C12H18ClOPS. The Kier molecular flexibility index (Phi) is 6.60. The zero-order valence-electron chi connectivity index (χ0n) is 9.56. The molecule has 90 valence electrons. The Hall–Kier alpha value is 0.120. The first-order valence-electron chi connectivity index (χ1n) is 5.58. The van der Waals surface area contributed by atoms with Crippen LogP contribution in [0.5, 0.6) is 0 Å². The number of benzene rings is 1. The van der Waals surface area contributed by atoms with Crippen molar-refractivity contribution in [3.05, 3.63) is 30.3 Å². The largest absolute Gasteiger partial charge is 0.347 e. The summed E-state index contributed by atoms with van der Waals surface area (Å²) in [6.45, 7) is 2.69. The maximum Gasteiger partial charge on any atom is 0.0947 e. The summed E-state index contributed by atoms with van der Waals surface area (Å²) in [4.78, 5) is 0. The number of hydrogen-bond acceptors (Lipinski definition) is 2. The molecule has 1 rings (SSSR count). The average Bonchev–Trinajstić information content (AvgIpc) is 2.31. The first-order chi connectivity index (χ1) is 7.73. The third-order valence-corrected chi connectivity index (χ3v) is 6.75. The van der Waals surface area contributed by atoms with E-state index in [9.17, 15) is 0 Å². The van der Waals surface area contributed by atoms with E-state index in [-0.39, 0.29) is 0 Å². The van der Waals surface area contributed by atoms with Gasteiger partial charge in [-0.15, -0.1) is 11.6 Å². The van der Waals surface area contributed by atoms with Gasteiger partial charge < -0.3 is 4.52 Å². The van der Waals surface area contributed by atoms with Crippen molar-refractivity contribution in [1.82, 2.24) is 0 Å². The molecule has 0 N–H and O–H groups in total. The summed E-state index contributed by atoms with van der Waals surface area (Å²) in [7, 11) is 0. The molecule has 0 amide bonds. The smallest absolute Gasteiger partial charge is 0.0947 e. The minimum Gasteiger partial charge on any atom is -0.347 e. The molecule has 0 heterocycles. The summed E-state index contributed by atoms with van der Waals surface area (Å²) >= 11 is 11.4. The minimum atomic E-state index is -1.83. The highest BCUT2D eigenvalue weighted by atomic mass is 35.5. The van der Waals surface area contributed by atoms with Gasteiger partial charge in [0.2, 0.25) is 0 Å². The Labute approximate surface area is 108 Å². The molecule has 1 aromatic carbocycles. The molecular weight excluding hydrogens is 259 g/mol. The van der Waals surface area contributed by atoms with Crippen LogP contribution in [0.25, 0.3) is 0 Å². The lowest BCUT2D eigenvalue weighted by Crippen LogP contribution is -2.10. The van der Waals surface area contributed by atoms with Crippen LogP contribution in [0.3, 0.4) is 0 Å². The fraction of sp³-hybridized carbons (Fsp3) is 0.500. The van der Waals surface area contributed by atoms with Crippen LogP contribution >= 0.6 is 17.9 Å². The Morgan fingerprint density at radius 2 is 1.94 bits per heavy atom. The predicted molar refractivity (Wildman–Crippen MR) is 76.8 cm³/mol. The maximum atomic E-state index is 5.84. The summed E-state index contributed by atoms with van der Waals surface area (Å²) in [5.41, 5.74) is 0. The third kappa shape index (κ3) is 4.18. The molecule has 0 aliphatic heterocycles. The lowest BCUT2D eigenvalue weighted by atomic mass is 10.4. The Balaban J connectivity index is 2.76. The van der Waals surface area contributed by atoms with Gasteiger partial charge in [-0.2, -0.15) is 0 Å². The molecule has 0 aliphatic carbocycles. The van der Waals surface area contributed by atoms with E-state index in [0.29, 0.717) is 12.5 Å². The van der Waals surface area contributed by atoms with Crippen LogP contribution in [0.1, 0.15) is 19.8 Å². The van der Waals surface area contributed by atoms with Crippen molar-refractivity contribution in [3.8, 4) is 0 Å². The molecule has 0 spiro atoms. The van der Waals surface area contributed by atoms with E-state index in [1.54, 1.807) is 0 Å². The summed E-state index contributed by atoms with van der Waals surface area (Å²) in [5, 5.41) is 1.18. The van der Waals surface area contributed by atoms with Gasteiger partial charge in [-0.1, -0.05) is 42.1 Å². The predicted octanol–water partition coefficient (Wildman–Crippen LogP) is 3.76. The van der Waals surface area contributed by atoms with E-state index in [4.69, 9.17) is 27.9 Å². The number of unbranched alkanes of at least 4 members (excludes halogenated alkanes) is 1. The molecule has 16 heavy (non-hydrogen) atoms. The Bertz CT molecular complexity index is 342. The van der Waals surface area contributed by atoms with Crippen molar-refractivity contribution in [3.63, 3.8) is 0 Å². The van der Waals surface area contributed by atoms with Gasteiger partial charge in [-0.3, -0.25) is 0 Å². The van der Waals surface area contributed by atoms with Crippen LogP contribution < -0.4 is 5.30 Å². The van der Waals surface area contributed by atoms with Crippen molar-refractivity contribution < 1.29 is 4.52 Å². The van der Waals surface area contributed by atoms with E-state index in [2.05, 4.69) is 12.1 Å². The molecule has 0 aromatic heterocycles. The summed E-state index contributed by atoms with van der Waals surface area (Å²) in [6, 6.07) is 10.2. The van der Waals surface area contributed by atoms with Gasteiger partial charge in [-0.25, -0.2) is 0 Å². The summed E-state index contributed by atoms with van der Waals surface area (Å²) in [6.07, 6.45) is 1.19. The normalized spacial score (nSPS) is 14.6. The number of alkyl halides is 1. The average molecular weight is 277 g/mol. The maximum absolute atomic E-state index is 5.84. The quantitative estimate of drug-likeness (QED) is 0.426. The summed E-state index contributed by atoms with van der Waals surface area (Å²) < 4.78 is 5.84. The topological polar surface area (TPSA) is 9.23 Å². The van der Waals surface area contributed by atoms with Crippen LogP contribution in [-0.2, 0) is 16.3 Å². The van der Waals surface area contributed by atoms with Crippen molar-refractivity contribution in [2.24, 2.45) is 0 Å². The van der Waals surface area contributed by atoms with Crippen molar-refractivity contribution in [2.45, 2.75) is 19.8 Å². The molecule has 1 atom stereocenters. The zero-order valence-corrected chi connectivity index (χ0v) is 12.0. The number of rotatable bonds is 7. The van der Waals surface area contributed by atoms with Crippen molar-refractivity contribution >= 4 is 35.0 Å². The Morgan fingerprint density at radius 3 is 2.50 bits per heavy atom.